The highest BCUT2D eigenvalue weighted by atomic mass is 35.5. The third kappa shape index (κ3) is 2.52. The SMILES string of the molecule is N#Cc1ccc(Cn2ccc3c(CO)cccc32)c(Cl)c1. The van der Waals surface area contributed by atoms with Crippen LogP contribution in [-0.4, -0.2) is 9.67 Å². The topological polar surface area (TPSA) is 49.0 Å². The van der Waals surface area contributed by atoms with Gasteiger partial charge in [0.15, 0.2) is 0 Å². The molecule has 0 saturated carbocycles. The summed E-state index contributed by atoms with van der Waals surface area (Å²) >= 11 is 6.23. The second-order valence-corrected chi connectivity index (χ2v) is 5.28. The first-order valence-corrected chi connectivity index (χ1v) is 6.97. The molecule has 0 amide bonds. The number of aliphatic hydroxyl groups excluding tert-OH is 1. The summed E-state index contributed by atoms with van der Waals surface area (Å²) in [5.41, 5.74) is 3.49. The second kappa shape index (κ2) is 5.61. The minimum Gasteiger partial charge on any atom is -0.392 e. The first kappa shape index (κ1) is 13.7. The maximum Gasteiger partial charge on any atom is 0.0992 e. The summed E-state index contributed by atoms with van der Waals surface area (Å²) < 4.78 is 2.09. The zero-order chi connectivity index (χ0) is 14.8. The summed E-state index contributed by atoms with van der Waals surface area (Å²) in [5.74, 6) is 0. The van der Waals surface area contributed by atoms with E-state index in [-0.39, 0.29) is 6.61 Å². The number of aromatic nitrogens is 1. The van der Waals surface area contributed by atoms with Crippen molar-refractivity contribution in [3.8, 4) is 6.07 Å². The highest BCUT2D eigenvalue weighted by Gasteiger charge is 2.07. The van der Waals surface area contributed by atoms with Crippen LogP contribution in [0.1, 0.15) is 16.7 Å². The molecule has 0 aliphatic rings. The third-order valence-electron chi connectivity index (χ3n) is 3.60. The predicted molar refractivity (Wildman–Crippen MR) is 83.1 cm³/mol. The minimum absolute atomic E-state index is 0.0268. The van der Waals surface area contributed by atoms with E-state index >= 15 is 0 Å². The predicted octanol–water partition coefficient (Wildman–Crippen LogP) is 3.71. The Morgan fingerprint density at radius 2 is 2.00 bits per heavy atom. The fraction of sp³-hybridized carbons (Fsp3) is 0.118. The van der Waals surface area contributed by atoms with Crippen molar-refractivity contribution >= 4 is 22.5 Å². The van der Waals surface area contributed by atoms with Gasteiger partial charge in [-0.15, -0.1) is 0 Å². The van der Waals surface area contributed by atoms with E-state index in [1.54, 1.807) is 12.1 Å². The van der Waals surface area contributed by atoms with E-state index in [1.807, 2.05) is 36.5 Å². The first-order chi connectivity index (χ1) is 10.2. The van der Waals surface area contributed by atoms with Crippen LogP contribution in [0.5, 0.6) is 0 Å². The number of fused-ring (bicyclic) bond motifs is 1. The van der Waals surface area contributed by atoms with Crippen molar-refractivity contribution in [1.82, 2.24) is 4.57 Å². The lowest BCUT2D eigenvalue weighted by molar-refractivity contribution is 0.283. The van der Waals surface area contributed by atoms with Gasteiger partial charge in [0.05, 0.1) is 18.2 Å². The van der Waals surface area contributed by atoms with Crippen LogP contribution in [0.25, 0.3) is 10.9 Å². The summed E-state index contributed by atoms with van der Waals surface area (Å²) in [5, 5.41) is 19.9. The van der Waals surface area contributed by atoms with E-state index in [2.05, 4.69) is 10.6 Å². The number of benzene rings is 2. The molecule has 0 aliphatic heterocycles. The number of nitrogens with zero attached hydrogens (tertiary/aromatic N) is 2. The average molecular weight is 297 g/mol. The van der Waals surface area contributed by atoms with Gasteiger partial charge in [-0.25, -0.2) is 0 Å². The number of hydrogen-bond donors (Lipinski definition) is 1. The molecule has 3 rings (SSSR count). The highest BCUT2D eigenvalue weighted by Crippen LogP contribution is 2.24. The van der Waals surface area contributed by atoms with Crippen molar-refractivity contribution < 1.29 is 5.11 Å². The monoisotopic (exact) mass is 296 g/mol. The van der Waals surface area contributed by atoms with E-state index < -0.39 is 0 Å². The van der Waals surface area contributed by atoms with Crippen LogP contribution in [-0.2, 0) is 13.2 Å². The molecule has 3 aromatic rings. The molecule has 2 aromatic carbocycles. The number of nitriles is 1. The second-order valence-electron chi connectivity index (χ2n) is 4.87. The van der Waals surface area contributed by atoms with Crippen LogP contribution in [0.4, 0.5) is 0 Å². The lowest BCUT2D eigenvalue weighted by atomic mass is 10.1. The molecule has 1 heterocycles. The maximum absolute atomic E-state index is 9.38. The molecule has 1 N–H and O–H groups in total. The van der Waals surface area contributed by atoms with Gasteiger partial charge in [-0.2, -0.15) is 5.26 Å². The van der Waals surface area contributed by atoms with Crippen LogP contribution in [0.2, 0.25) is 5.02 Å². The van der Waals surface area contributed by atoms with Crippen LogP contribution < -0.4 is 0 Å². The van der Waals surface area contributed by atoms with Crippen molar-refractivity contribution in [2.75, 3.05) is 0 Å². The fourth-order valence-electron chi connectivity index (χ4n) is 2.49. The Morgan fingerprint density at radius 1 is 1.14 bits per heavy atom. The van der Waals surface area contributed by atoms with Crippen molar-refractivity contribution in [3.63, 3.8) is 0 Å². The summed E-state index contributed by atoms with van der Waals surface area (Å²) in [4.78, 5) is 0. The lowest BCUT2D eigenvalue weighted by Gasteiger charge is -2.08. The van der Waals surface area contributed by atoms with Gasteiger partial charge in [0.25, 0.3) is 0 Å². The Morgan fingerprint density at radius 3 is 2.71 bits per heavy atom. The van der Waals surface area contributed by atoms with E-state index in [4.69, 9.17) is 16.9 Å². The Labute approximate surface area is 127 Å². The van der Waals surface area contributed by atoms with Crippen molar-refractivity contribution in [3.05, 3.63) is 70.4 Å². The molecular weight excluding hydrogens is 284 g/mol. The quantitative estimate of drug-likeness (QED) is 0.801. The van der Waals surface area contributed by atoms with Crippen molar-refractivity contribution in [1.29, 1.82) is 5.26 Å². The average Bonchev–Trinajstić information content (AvgIpc) is 2.92. The van der Waals surface area contributed by atoms with Crippen LogP contribution in [0.15, 0.2) is 48.7 Å². The van der Waals surface area contributed by atoms with Gasteiger partial charge in [0.1, 0.15) is 0 Å². The Bertz CT molecular complexity index is 846. The smallest absolute Gasteiger partial charge is 0.0992 e. The molecule has 0 fully saturated rings. The molecule has 0 aliphatic carbocycles. The van der Waals surface area contributed by atoms with Crippen LogP contribution >= 0.6 is 11.6 Å². The van der Waals surface area contributed by atoms with Gasteiger partial charge in [-0.05, 0) is 35.4 Å². The van der Waals surface area contributed by atoms with E-state index in [0.717, 1.165) is 22.0 Å². The Kier molecular flexibility index (Phi) is 3.66. The zero-order valence-electron chi connectivity index (χ0n) is 11.3. The molecule has 0 saturated heterocycles. The molecule has 0 atom stereocenters. The minimum atomic E-state index is 0.0268. The molecule has 21 heavy (non-hydrogen) atoms. The normalized spacial score (nSPS) is 10.7. The summed E-state index contributed by atoms with van der Waals surface area (Å²) in [7, 11) is 0. The highest BCUT2D eigenvalue weighted by molar-refractivity contribution is 6.31. The Hall–Kier alpha value is -2.28. The molecule has 3 nitrogen and oxygen atoms in total. The van der Waals surface area contributed by atoms with Gasteiger partial charge in [-0.3, -0.25) is 0 Å². The van der Waals surface area contributed by atoms with Crippen LogP contribution in [0.3, 0.4) is 0 Å². The standard InChI is InChI=1S/C17H13ClN2O/c18-16-8-12(9-19)4-5-13(16)10-20-7-6-15-14(11-21)2-1-3-17(15)20/h1-8,21H,10-11H2. The zero-order valence-corrected chi connectivity index (χ0v) is 12.0. The Balaban J connectivity index is 2.01. The van der Waals surface area contributed by atoms with Gasteiger partial charge < -0.3 is 9.67 Å². The summed E-state index contributed by atoms with van der Waals surface area (Å²) in [6.07, 6.45) is 1.98. The van der Waals surface area contributed by atoms with E-state index in [1.165, 1.54) is 0 Å². The van der Waals surface area contributed by atoms with Gasteiger partial charge in [0.2, 0.25) is 0 Å². The summed E-state index contributed by atoms with van der Waals surface area (Å²) in [6.45, 7) is 0.655. The molecule has 1 aromatic heterocycles. The van der Waals surface area contributed by atoms with Crippen molar-refractivity contribution in [2.24, 2.45) is 0 Å². The van der Waals surface area contributed by atoms with Gasteiger partial charge in [-0.1, -0.05) is 29.8 Å². The number of hydrogen-bond acceptors (Lipinski definition) is 2. The first-order valence-electron chi connectivity index (χ1n) is 6.59. The van der Waals surface area contributed by atoms with Gasteiger partial charge >= 0.3 is 0 Å². The van der Waals surface area contributed by atoms with Gasteiger partial charge in [0, 0.05) is 28.7 Å². The molecule has 4 heteroatoms. The van der Waals surface area contributed by atoms with Crippen molar-refractivity contribution in [2.45, 2.75) is 13.2 Å². The third-order valence-corrected chi connectivity index (χ3v) is 3.95. The lowest BCUT2D eigenvalue weighted by Crippen LogP contribution is -1.99. The molecule has 0 unspecified atom stereocenters. The molecule has 0 bridgehead atoms. The molecular formula is C17H13ClN2O. The fourth-order valence-corrected chi connectivity index (χ4v) is 2.73. The molecule has 0 radical (unpaired) electrons. The molecule has 104 valence electrons. The number of aliphatic hydroxyl groups is 1. The maximum atomic E-state index is 9.38. The summed E-state index contributed by atoms with van der Waals surface area (Å²) in [6, 6.07) is 15.3. The van der Waals surface area contributed by atoms with E-state index in [0.29, 0.717) is 17.1 Å². The molecule has 0 spiro atoms. The van der Waals surface area contributed by atoms with E-state index in [9.17, 15) is 5.11 Å². The number of rotatable bonds is 3. The largest absolute Gasteiger partial charge is 0.392 e. The number of halogens is 1. The van der Waals surface area contributed by atoms with Crippen LogP contribution in [0, 0.1) is 11.3 Å².